The van der Waals surface area contributed by atoms with Crippen molar-refractivity contribution in [3.05, 3.63) is 29.6 Å². The zero-order valence-electron chi connectivity index (χ0n) is 10.2. The standard InChI is InChI=1S/C11H16FN3O2S/c1-7-3-4-9(12)5-10(7)18(16,17)15-6-8(2)11(13)14/h3-5,8,15H,6H2,1-2H3,(H3,13,14). The van der Waals surface area contributed by atoms with Crippen LogP contribution in [0.3, 0.4) is 0 Å². The fraction of sp³-hybridized carbons (Fsp3) is 0.364. The summed E-state index contributed by atoms with van der Waals surface area (Å²) in [5.41, 5.74) is 5.70. The minimum Gasteiger partial charge on any atom is -0.387 e. The fourth-order valence-corrected chi connectivity index (χ4v) is 2.67. The molecule has 0 fully saturated rings. The minimum atomic E-state index is -3.78. The largest absolute Gasteiger partial charge is 0.387 e. The first-order valence-corrected chi connectivity index (χ1v) is 6.82. The van der Waals surface area contributed by atoms with Gasteiger partial charge in [-0.1, -0.05) is 13.0 Å². The third-order valence-electron chi connectivity index (χ3n) is 2.55. The molecule has 0 aromatic heterocycles. The van der Waals surface area contributed by atoms with Gasteiger partial charge in [-0.05, 0) is 24.6 Å². The number of rotatable bonds is 5. The van der Waals surface area contributed by atoms with Crippen molar-refractivity contribution in [1.82, 2.24) is 4.72 Å². The van der Waals surface area contributed by atoms with E-state index in [-0.39, 0.29) is 17.3 Å². The third-order valence-corrected chi connectivity index (χ3v) is 4.12. The Bertz CT molecular complexity index is 557. The molecule has 7 heteroatoms. The molecule has 100 valence electrons. The van der Waals surface area contributed by atoms with Gasteiger partial charge in [0.25, 0.3) is 0 Å². The van der Waals surface area contributed by atoms with Crippen molar-refractivity contribution in [2.45, 2.75) is 18.7 Å². The highest BCUT2D eigenvalue weighted by Crippen LogP contribution is 2.16. The van der Waals surface area contributed by atoms with E-state index in [1.165, 1.54) is 12.1 Å². The fourth-order valence-electron chi connectivity index (χ4n) is 1.29. The number of hydrogen-bond donors (Lipinski definition) is 3. The normalized spacial score (nSPS) is 13.3. The summed E-state index contributed by atoms with van der Waals surface area (Å²) in [6, 6.07) is 3.57. The number of aryl methyl sites for hydroxylation is 1. The van der Waals surface area contributed by atoms with Crippen LogP contribution in [0.2, 0.25) is 0 Å². The summed E-state index contributed by atoms with van der Waals surface area (Å²) in [6.45, 7) is 3.22. The summed E-state index contributed by atoms with van der Waals surface area (Å²) in [6.07, 6.45) is 0. The molecule has 0 radical (unpaired) electrons. The average Bonchev–Trinajstić information content (AvgIpc) is 2.29. The average molecular weight is 273 g/mol. The summed E-state index contributed by atoms with van der Waals surface area (Å²) in [5.74, 6) is -1.12. The van der Waals surface area contributed by atoms with E-state index < -0.39 is 21.8 Å². The van der Waals surface area contributed by atoms with E-state index in [1.54, 1.807) is 13.8 Å². The number of amidine groups is 1. The van der Waals surface area contributed by atoms with Crippen LogP contribution in [0.25, 0.3) is 0 Å². The SMILES string of the molecule is Cc1ccc(F)cc1S(=O)(=O)NCC(C)C(=N)N. The van der Waals surface area contributed by atoms with Crippen LogP contribution in [-0.2, 0) is 10.0 Å². The Hall–Kier alpha value is -1.47. The molecule has 0 saturated heterocycles. The van der Waals surface area contributed by atoms with Gasteiger partial charge in [-0.15, -0.1) is 0 Å². The Labute approximate surface area is 106 Å². The maximum atomic E-state index is 13.1. The lowest BCUT2D eigenvalue weighted by molar-refractivity contribution is 0.570. The van der Waals surface area contributed by atoms with Crippen LogP contribution < -0.4 is 10.5 Å². The zero-order chi connectivity index (χ0) is 13.9. The van der Waals surface area contributed by atoms with E-state index in [1.807, 2.05) is 0 Å². The predicted octanol–water partition coefficient (Wildman–Crippen LogP) is 0.984. The van der Waals surface area contributed by atoms with Crippen LogP contribution in [0.15, 0.2) is 23.1 Å². The molecule has 0 aliphatic heterocycles. The van der Waals surface area contributed by atoms with Gasteiger partial charge in [0.15, 0.2) is 0 Å². The van der Waals surface area contributed by atoms with Crippen LogP contribution in [0.1, 0.15) is 12.5 Å². The van der Waals surface area contributed by atoms with Crippen molar-refractivity contribution < 1.29 is 12.8 Å². The van der Waals surface area contributed by atoms with Crippen molar-refractivity contribution in [2.75, 3.05) is 6.54 Å². The van der Waals surface area contributed by atoms with Gasteiger partial charge in [0.1, 0.15) is 5.82 Å². The van der Waals surface area contributed by atoms with E-state index in [0.29, 0.717) is 5.56 Å². The molecule has 0 bridgehead atoms. The molecule has 0 aliphatic rings. The lowest BCUT2D eigenvalue weighted by atomic mass is 10.2. The van der Waals surface area contributed by atoms with E-state index >= 15 is 0 Å². The topological polar surface area (TPSA) is 96.0 Å². The Morgan fingerprint density at radius 3 is 2.72 bits per heavy atom. The molecule has 5 nitrogen and oxygen atoms in total. The first-order valence-electron chi connectivity index (χ1n) is 5.34. The first kappa shape index (κ1) is 14.6. The maximum Gasteiger partial charge on any atom is 0.240 e. The minimum absolute atomic E-state index is 0.00756. The molecule has 1 aromatic rings. The third kappa shape index (κ3) is 3.51. The van der Waals surface area contributed by atoms with Crippen LogP contribution >= 0.6 is 0 Å². The molecule has 0 heterocycles. The lowest BCUT2D eigenvalue weighted by Crippen LogP contribution is -2.34. The zero-order valence-corrected chi connectivity index (χ0v) is 11.0. The molecule has 18 heavy (non-hydrogen) atoms. The summed E-state index contributed by atoms with van der Waals surface area (Å²) >= 11 is 0. The highest BCUT2D eigenvalue weighted by atomic mass is 32.2. The van der Waals surface area contributed by atoms with Gasteiger partial charge < -0.3 is 5.73 Å². The molecule has 0 aliphatic carbocycles. The number of halogens is 1. The Balaban J connectivity index is 2.93. The van der Waals surface area contributed by atoms with Crippen molar-refractivity contribution in [1.29, 1.82) is 5.41 Å². The van der Waals surface area contributed by atoms with Gasteiger partial charge in [0.05, 0.1) is 10.7 Å². The van der Waals surface area contributed by atoms with Gasteiger partial charge in [-0.25, -0.2) is 17.5 Å². The predicted molar refractivity (Wildman–Crippen MR) is 67.4 cm³/mol. The second-order valence-electron chi connectivity index (χ2n) is 4.12. The molecule has 0 saturated carbocycles. The van der Waals surface area contributed by atoms with E-state index in [0.717, 1.165) is 6.07 Å². The van der Waals surface area contributed by atoms with Crippen molar-refractivity contribution in [2.24, 2.45) is 11.7 Å². The maximum absolute atomic E-state index is 13.1. The van der Waals surface area contributed by atoms with Gasteiger partial charge in [-0.2, -0.15) is 0 Å². The van der Waals surface area contributed by atoms with Gasteiger partial charge in [-0.3, -0.25) is 5.41 Å². The summed E-state index contributed by atoms with van der Waals surface area (Å²) in [4.78, 5) is -0.0988. The molecule has 0 amide bonds. The van der Waals surface area contributed by atoms with Crippen molar-refractivity contribution in [3.8, 4) is 0 Å². The van der Waals surface area contributed by atoms with E-state index in [4.69, 9.17) is 11.1 Å². The van der Waals surface area contributed by atoms with Crippen molar-refractivity contribution in [3.63, 3.8) is 0 Å². The van der Waals surface area contributed by atoms with E-state index in [9.17, 15) is 12.8 Å². The Morgan fingerprint density at radius 2 is 2.17 bits per heavy atom. The molecule has 1 atom stereocenters. The second kappa shape index (κ2) is 5.45. The van der Waals surface area contributed by atoms with Gasteiger partial charge in [0.2, 0.25) is 10.0 Å². The first-order chi connectivity index (χ1) is 8.24. The van der Waals surface area contributed by atoms with Gasteiger partial charge >= 0.3 is 0 Å². The lowest BCUT2D eigenvalue weighted by Gasteiger charge is -2.12. The summed E-state index contributed by atoms with van der Waals surface area (Å²) in [5, 5.41) is 7.17. The number of hydrogen-bond acceptors (Lipinski definition) is 3. The van der Waals surface area contributed by atoms with Gasteiger partial charge in [0, 0.05) is 12.5 Å². The molecule has 4 N–H and O–H groups in total. The van der Waals surface area contributed by atoms with E-state index in [2.05, 4.69) is 4.72 Å². The second-order valence-corrected chi connectivity index (χ2v) is 5.85. The monoisotopic (exact) mass is 273 g/mol. The van der Waals surface area contributed by atoms with Crippen LogP contribution in [-0.4, -0.2) is 20.8 Å². The molecule has 1 rings (SSSR count). The molecular weight excluding hydrogens is 257 g/mol. The number of nitrogens with two attached hydrogens (primary N) is 1. The Morgan fingerprint density at radius 1 is 1.56 bits per heavy atom. The quantitative estimate of drug-likeness (QED) is 0.551. The van der Waals surface area contributed by atoms with Crippen LogP contribution in [0, 0.1) is 24.1 Å². The highest BCUT2D eigenvalue weighted by Gasteiger charge is 2.18. The van der Waals surface area contributed by atoms with Crippen LogP contribution in [0.5, 0.6) is 0 Å². The molecule has 1 aromatic carbocycles. The number of nitrogens with one attached hydrogen (secondary N) is 2. The highest BCUT2D eigenvalue weighted by molar-refractivity contribution is 7.89. The number of benzene rings is 1. The van der Waals surface area contributed by atoms with Crippen LogP contribution in [0.4, 0.5) is 4.39 Å². The molecule has 1 unspecified atom stereocenters. The smallest absolute Gasteiger partial charge is 0.240 e. The summed E-state index contributed by atoms with van der Waals surface area (Å²) < 4.78 is 39.3. The Kier molecular flexibility index (Phi) is 4.42. The molecule has 0 spiro atoms. The number of sulfonamides is 1. The summed E-state index contributed by atoms with van der Waals surface area (Å²) in [7, 11) is -3.78. The molecular formula is C11H16FN3O2S. The van der Waals surface area contributed by atoms with Crippen molar-refractivity contribution >= 4 is 15.9 Å².